The van der Waals surface area contributed by atoms with E-state index >= 15 is 0 Å². The molecular weight excluding hydrogens is 214 g/mol. The van der Waals surface area contributed by atoms with E-state index in [9.17, 15) is 5.11 Å². The molecule has 0 amide bonds. The summed E-state index contributed by atoms with van der Waals surface area (Å²) in [6.45, 7) is 8.98. The fourth-order valence-corrected chi connectivity index (χ4v) is 1.73. The minimum Gasteiger partial charge on any atom is -0.393 e. The van der Waals surface area contributed by atoms with Crippen LogP contribution in [0.25, 0.3) is 0 Å². The molecular formula is C13H23N3O. The van der Waals surface area contributed by atoms with Gasteiger partial charge >= 0.3 is 0 Å². The van der Waals surface area contributed by atoms with Crippen molar-refractivity contribution in [1.29, 1.82) is 0 Å². The zero-order valence-corrected chi connectivity index (χ0v) is 11.1. The molecule has 0 saturated carbocycles. The van der Waals surface area contributed by atoms with Crippen LogP contribution in [0.2, 0.25) is 0 Å². The summed E-state index contributed by atoms with van der Waals surface area (Å²) in [6, 6.07) is 1.99. The Labute approximate surface area is 103 Å². The van der Waals surface area contributed by atoms with Crippen LogP contribution >= 0.6 is 0 Å². The summed E-state index contributed by atoms with van der Waals surface area (Å²) >= 11 is 0. The molecule has 0 spiro atoms. The summed E-state index contributed by atoms with van der Waals surface area (Å²) in [6.07, 6.45) is 2.15. The topological polar surface area (TPSA) is 58.0 Å². The van der Waals surface area contributed by atoms with Crippen LogP contribution in [0.15, 0.2) is 12.4 Å². The Morgan fingerprint density at radius 3 is 2.53 bits per heavy atom. The van der Waals surface area contributed by atoms with Gasteiger partial charge in [-0.1, -0.05) is 20.8 Å². The van der Waals surface area contributed by atoms with Gasteiger partial charge in [0.15, 0.2) is 0 Å². The van der Waals surface area contributed by atoms with Gasteiger partial charge in [-0.25, -0.2) is 9.97 Å². The van der Waals surface area contributed by atoms with E-state index in [2.05, 4.69) is 36.1 Å². The van der Waals surface area contributed by atoms with Crippen molar-refractivity contribution in [2.24, 2.45) is 5.92 Å². The molecule has 0 fully saturated rings. The van der Waals surface area contributed by atoms with Gasteiger partial charge in [0.1, 0.15) is 12.1 Å². The number of aliphatic hydroxyl groups is 1. The zero-order valence-electron chi connectivity index (χ0n) is 11.1. The lowest BCUT2D eigenvalue weighted by molar-refractivity contribution is 0.166. The van der Waals surface area contributed by atoms with Crippen LogP contribution in [-0.2, 0) is 0 Å². The lowest BCUT2D eigenvalue weighted by Gasteiger charge is -2.15. The molecule has 2 N–H and O–H groups in total. The van der Waals surface area contributed by atoms with Crippen LogP contribution in [-0.4, -0.2) is 27.7 Å². The molecule has 0 aliphatic heterocycles. The predicted molar refractivity (Wildman–Crippen MR) is 70.1 cm³/mol. The van der Waals surface area contributed by atoms with Gasteiger partial charge in [-0.2, -0.15) is 0 Å². The number of aromatic nitrogens is 2. The fraction of sp³-hybridized carbons (Fsp3) is 0.692. The van der Waals surface area contributed by atoms with E-state index in [0.717, 1.165) is 24.5 Å². The maximum atomic E-state index is 9.28. The Balaban J connectivity index is 2.49. The molecule has 2 atom stereocenters. The van der Waals surface area contributed by atoms with Crippen molar-refractivity contribution in [3.05, 3.63) is 18.1 Å². The molecule has 0 bridgehead atoms. The molecule has 4 nitrogen and oxygen atoms in total. The second-order valence-electron chi connectivity index (χ2n) is 5.05. The Morgan fingerprint density at radius 2 is 1.94 bits per heavy atom. The highest BCUT2D eigenvalue weighted by molar-refractivity contribution is 5.35. The molecule has 96 valence electrons. The quantitative estimate of drug-likeness (QED) is 0.797. The Bertz CT molecular complexity index is 339. The minimum absolute atomic E-state index is 0.247. The van der Waals surface area contributed by atoms with E-state index in [1.54, 1.807) is 6.33 Å². The third kappa shape index (κ3) is 5.13. The van der Waals surface area contributed by atoms with Crippen molar-refractivity contribution in [2.75, 3.05) is 11.9 Å². The average Bonchev–Trinajstić information content (AvgIpc) is 2.26. The van der Waals surface area contributed by atoms with Crippen molar-refractivity contribution < 1.29 is 5.11 Å². The van der Waals surface area contributed by atoms with Crippen LogP contribution in [0.1, 0.15) is 45.7 Å². The van der Waals surface area contributed by atoms with Crippen molar-refractivity contribution in [1.82, 2.24) is 9.97 Å². The Kier molecular flexibility index (Phi) is 5.35. The average molecular weight is 237 g/mol. The van der Waals surface area contributed by atoms with Gasteiger partial charge in [0.05, 0.1) is 6.10 Å². The van der Waals surface area contributed by atoms with Gasteiger partial charge in [-0.05, 0) is 25.2 Å². The number of aliphatic hydroxyl groups excluding tert-OH is 1. The fourth-order valence-electron chi connectivity index (χ4n) is 1.73. The number of rotatable bonds is 6. The van der Waals surface area contributed by atoms with Crippen LogP contribution in [0.3, 0.4) is 0 Å². The molecule has 17 heavy (non-hydrogen) atoms. The van der Waals surface area contributed by atoms with E-state index in [1.165, 1.54) is 0 Å². The van der Waals surface area contributed by atoms with Gasteiger partial charge in [0.25, 0.3) is 0 Å². The van der Waals surface area contributed by atoms with E-state index in [1.807, 2.05) is 13.0 Å². The number of anilines is 1. The smallest absolute Gasteiger partial charge is 0.129 e. The first-order valence-electron chi connectivity index (χ1n) is 6.23. The lowest BCUT2D eigenvalue weighted by Crippen LogP contribution is -2.17. The van der Waals surface area contributed by atoms with Gasteiger partial charge in [0, 0.05) is 18.3 Å². The standard InChI is InChI=1S/C13H23N3O/c1-9(2)12-6-13(16-8-15-12)14-7-10(3)5-11(4)17/h6,8-11,17H,5,7H2,1-4H3,(H,14,15,16). The molecule has 1 heterocycles. The van der Waals surface area contributed by atoms with Crippen LogP contribution < -0.4 is 5.32 Å². The molecule has 0 saturated heterocycles. The molecule has 1 aromatic heterocycles. The third-order valence-electron chi connectivity index (χ3n) is 2.65. The summed E-state index contributed by atoms with van der Waals surface area (Å²) in [5.41, 5.74) is 1.05. The maximum Gasteiger partial charge on any atom is 0.129 e. The molecule has 0 radical (unpaired) electrons. The number of hydrogen-bond donors (Lipinski definition) is 2. The number of hydrogen-bond acceptors (Lipinski definition) is 4. The van der Waals surface area contributed by atoms with E-state index in [4.69, 9.17) is 0 Å². The summed E-state index contributed by atoms with van der Waals surface area (Å²) in [7, 11) is 0. The van der Waals surface area contributed by atoms with Crippen LogP contribution in [0.5, 0.6) is 0 Å². The molecule has 0 aromatic carbocycles. The molecule has 0 aliphatic carbocycles. The predicted octanol–water partition coefficient (Wildman–Crippen LogP) is 2.42. The normalized spacial score (nSPS) is 14.7. The SMILES string of the molecule is CC(O)CC(C)CNc1cc(C(C)C)ncn1. The van der Waals surface area contributed by atoms with Crippen molar-refractivity contribution in [3.8, 4) is 0 Å². The summed E-state index contributed by atoms with van der Waals surface area (Å²) in [5, 5.41) is 12.6. The minimum atomic E-state index is -0.247. The summed E-state index contributed by atoms with van der Waals surface area (Å²) in [4.78, 5) is 8.41. The van der Waals surface area contributed by atoms with E-state index in [-0.39, 0.29) is 6.10 Å². The Hall–Kier alpha value is -1.16. The lowest BCUT2D eigenvalue weighted by atomic mass is 10.0. The highest BCUT2D eigenvalue weighted by atomic mass is 16.3. The molecule has 1 aromatic rings. The maximum absolute atomic E-state index is 9.28. The molecule has 0 aliphatic rings. The van der Waals surface area contributed by atoms with Crippen molar-refractivity contribution >= 4 is 5.82 Å². The first-order valence-corrected chi connectivity index (χ1v) is 6.23. The van der Waals surface area contributed by atoms with Gasteiger partial charge in [-0.3, -0.25) is 0 Å². The largest absolute Gasteiger partial charge is 0.393 e. The zero-order chi connectivity index (χ0) is 12.8. The molecule has 2 unspecified atom stereocenters. The second kappa shape index (κ2) is 6.55. The van der Waals surface area contributed by atoms with Crippen LogP contribution in [0, 0.1) is 5.92 Å². The number of nitrogens with zero attached hydrogens (tertiary/aromatic N) is 2. The summed E-state index contributed by atoms with van der Waals surface area (Å²) < 4.78 is 0. The van der Waals surface area contributed by atoms with Crippen LogP contribution in [0.4, 0.5) is 5.82 Å². The monoisotopic (exact) mass is 237 g/mol. The molecule has 4 heteroatoms. The highest BCUT2D eigenvalue weighted by Crippen LogP contribution is 2.14. The first-order chi connectivity index (χ1) is 7.99. The summed E-state index contributed by atoms with van der Waals surface area (Å²) in [5.74, 6) is 1.70. The van der Waals surface area contributed by atoms with Crippen molar-refractivity contribution in [3.63, 3.8) is 0 Å². The molecule has 1 rings (SSSR count). The highest BCUT2D eigenvalue weighted by Gasteiger charge is 2.07. The third-order valence-corrected chi connectivity index (χ3v) is 2.65. The van der Waals surface area contributed by atoms with Gasteiger partial charge in [-0.15, -0.1) is 0 Å². The Morgan fingerprint density at radius 1 is 1.24 bits per heavy atom. The van der Waals surface area contributed by atoms with Gasteiger partial charge < -0.3 is 10.4 Å². The first kappa shape index (κ1) is 13.9. The van der Waals surface area contributed by atoms with Crippen molar-refractivity contribution in [2.45, 2.75) is 46.1 Å². The second-order valence-corrected chi connectivity index (χ2v) is 5.05. The number of nitrogens with one attached hydrogen (secondary N) is 1. The van der Waals surface area contributed by atoms with Gasteiger partial charge in [0.2, 0.25) is 0 Å². The van der Waals surface area contributed by atoms with E-state index in [0.29, 0.717) is 11.8 Å². The van der Waals surface area contributed by atoms with E-state index < -0.39 is 0 Å².